The fraction of sp³-hybridized carbons (Fsp3) is 0.571. The molecule has 2 aromatic rings. The Kier molecular flexibility index (Phi) is 3.38. The number of hydrogen-bond acceptors (Lipinski definition) is 4. The Balaban J connectivity index is 1.94. The summed E-state index contributed by atoms with van der Waals surface area (Å²) in [6.45, 7) is 7.43. The second-order valence-corrected chi connectivity index (χ2v) is 5.26. The number of aromatic nitrogens is 3. The molecule has 1 N–H and O–H groups in total. The molecule has 19 heavy (non-hydrogen) atoms. The highest BCUT2D eigenvalue weighted by Gasteiger charge is 2.24. The van der Waals surface area contributed by atoms with Crippen molar-refractivity contribution in [2.45, 2.75) is 32.7 Å². The highest BCUT2D eigenvalue weighted by atomic mass is 15.4. The number of anilines is 1. The number of hydrogen-bond donors (Lipinski definition) is 1. The topological polar surface area (TPSA) is 45.5 Å². The van der Waals surface area contributed by atoms with E-state index in [-0.39, 0.29) is 0 Å². The first-order valence-corrected chi connectivity index (χ1v) is 7.08. The smallest absolute Gasteiger partial charge is 0.245 e. The fourth-order valence-electron chi connectivity index (χ4n) is 2.69. The molecule has 1 aliphatic heterocycles. The van der Waals surface area contributed by atoms with Crippen LogP contribution in [0.5, 0.6) is 0 Å². The average molecular weight is 259 g/mol. The van der Waals surface area contributed by atoms with Gasteiger partial charge in [-0.05, 0) is 37.9 Å². The zero-order chi connectivity index (χ0) is 13.2. The molecule has 0 aromatic carbocycles. The van der Waals surface area contributed by atoms with Crippen LogP contribution in [0.3, 0.4) is 0 Å². The molecule has 1 aliphatic rings. The Morgan fingerprint density at radius 2 is 2.37 bits per heavy atom. The van der Waals surface area contributed by atoms with E-state index in [1.165, 1.54) is 12.0 Å². The van der Waals surface area contributed by atoms with Gasteiger partial charge < -0.3 is 10.2 Å². The summed E-state index contributed by atoms with van der Waals surface area (Å²) in [4.78, 5) is 7.02. The van der Waals surface area contributed by atoms with Gasteiger partial charge in [-0.15, -0.1) is 5.10 Å². The van der Waals surface area contributed by atoms with E-state index >= 15 is 0 Å². The maximum absolute atomic E-state index is 4.67. The van der Waals surface area contributed by atoms with Crippen LogP contribution in [0.2, 0.25) is 0 Å². The van der Waals surface area contributed by atoms with Crippen LogP contribution in [0.4, 0.5) is 5.95 Å². The molecule has 1 unspecified atom stereocenters. The summed E-state index contributed by atoms with van der Waals surface area (Å²) >= 11 is 0. The molecular formula is C14H21N5. The van der Waals surface area contributed by atoms with E-state index in [9.17, 15) is 0 Å². The molecule has 0 radical (unpaired) electrons. The predicted octanol–water partition coefficient (Wildman–Crippen LogP) is 1.62. The van der Waals surface area contributed by atoms with Gasteiger partial charge in [0.05, 0.1) is 0 Å². The maximum atomic E-state index is 4.67. The van der Waals surface area contributed by atoms with Crippen LogP contribution in [-0.4, -0.2) is 40.3 Å². The van der Waals surface area contributed by atoms with Gasteiger partial charge in [0.15, 0.2) is 5.65 Å². The van der Waals surface area contributed by atoms with Crippen molar-refractivity contribution in [3.05, 3.63) is 23.9 Å². The molecule has 2 aromatic heterocycles. The molecular weight excluding hydrogens is 238 g/mol. The molecule has 1 atom stereocenters. The average Bonchev–Trinajstić information content (AvgIpc) is 3.04. The second-order valence-electron chi connectivity index (χ2n) is 5.26. The predicted molar refractivity (Wildman–Crippen MR) is 76.6 cm³/mol. The summed E-state index contributed by atoms with van der Waals surface area (Å²) in [5, 5.41) is 8.06. The van der Waals surface area contributed by atoms with Crippen LogP contribution in [0.25, 0.3) is 5.65 Å². The van der Waals surface area contributed by atoms with Crippen LogP contribution in [0.1, 0.15) is 25.3 Å². The van der Waals surface area contributed by atoms with Crippen molar-refractivity contribution in [2.24, 2.45) is 0 Å². The molecule has 1 saturated heterocycles. The van der Waals surface area contributed by atoms with E-state index in [0.717, 1.165) is 37.7 Å². The van der Waals surface area contributed by atoms with Gasteiger partial charge in [0, 0.05) is 25.3 Å². The van der Waals surface area contributed by atoms with E-state index < -0.39 is 0 Å². The Morgan fingerprint density at radius 3 is 3.11 bits per heavy atom. The minimum atomic E-state index is 0.526. The number of pyridine rings is 1. The number of rotatable bonds is 4. The van der Waals surface area contributed by atoms with Gasteiger partial charge in [0.2, 0.25) is 5.95 Å². The van der Waals surface area contributed by atoms with Crippen molar-refractivity contribution in [3.8, 4) is 0 Å². The third-order valence-electron chi connectivity index (χ3n) is 3.66. The van der Waals surface area contributed by atoms with Crippen LogP contribution < -0.4 is 10.2 Å². The van der Waals surface area contributed by atoms with Gasteiger partial charge in [0.1, 0.15) is 0 Å². The Labute approximate surface area is 113 Å². The van der Waals surface area contributed by atoms with Gasteiger partial charge in [-0.1, -0.05) is 13.0 Å². The molecule has 0 aliphatic carbocycles. The first-order chi connectivity index (χ1) is 9.28. The molecule has 5 nitrogen and oxygen atoms in total. The van der Waals surface area contributed by atoms with E-state index in [2.05, 4.69) is 40.2 Å². The highest BCUT2D eigenvalue weighted by Crippen LogP contribution is 2.18. The molecule has 0 bridgehead atoms. The zero-order valence-corrected chi connectivity index (χ0v) is 11.6. The number of aryl methyl sites for hydroxylation is 1. The summed E-state index contributed by atoms with van der Waals surface area (Å²) in [6, 6.07) is 4.64. The van der Waals surface area contributed by atoms with Crippen molar-refractivity contribution < 1.29 is 0 Å². The van der Waals surface area contributed by atoms with E-state index in [4.69, 9.17) is 0 Å². The Hall–Kier alpha value is -1.62. The Morgan fingerprint density at radius 1 is 1.47 bits per heavy atom. The highest BCUT2D eigenvalue weighted by molar-refractivity contribution is 5.46. The summed E-state index contributed by atoms with van der Waals surface area (Å²) in [6.07, 6.45) is 4.32. The van der Waals surface area contributed by atoms with Crippen molar-refractivity contribution in [1.82, 2.24) is 19.9 Å². The second kappa shape index (κ2) is 5.17. The van der Waals surface area contributed by atoms with E-state index in [1.807, 2.05) is 16.8 Å². The van der Waals surface area contributed by atoms with Crippen molar-refractivity contribution >= 4 is 11.6 Å². The zero-order valence-electron chi connectivity index (χ0n) is 11.6. The van der Waals surface area contributed by atoms with Crippen molar-refractivity contribution in [1.29, 1.82) is 0 Å². The summed E-state index contributed by atoms with van der Waals surface area (Å²) < 4.78 is 1.88. The number of nitrogens with zero attached hydrogens (tertiary/aromatic N) is 4. The summed E-state index contributed by atoms with van der Waals surface area (Å²) in [5.41, 5.74) is 2.13. The van der Waals surface area contributed by atoms with Gasteiger partial charge in [0.25, 0.3) is 0 Å². The van der Waals surface area contributed by atoms with Gasteiger partial charge in [-0.2, -0.15) is 4.98 Å². The lowest BCUT2D eigenvalue weighted by molar-refractivity contribution is 0.609. The third-order valence-corrected chi connectivity index (χ3v) is 3.66. The molecule has 1 fully saturated rings. The molecule has 102 valence electrons. The third kappa shape index (κ3) is 2.42. The molecule has 0 amide bonds. The monoisotopic (exact) mass is 259 g/mol. The first kappa shape index (κ1) is 12.4. The molecule has 0 saturated carbocycles. The molecule has 3 rings (SSSR count). The van der Waals surface area contributed by atoms with E-state index in [0.29, 0.717) is 6.04 Å². The largest absolute Gasteiger partial charge is 0.335 e. The lowest BCUT2D eigenvalue weighted by Crippen LogP contribution is -2.38. The van der Waals surface area contributed by atoms with Crippen molar-refractivity contribution in [3.63, 3.8) is 0 Å². The Bertz CT molecular complexity index is 556. The lowest BCUT2D eigenvalue weighted by Gasteiger charge is -2.26. The van der Waals surface area contributed by atoms with Gasteiger partial charge in [-0.25, -0.2) is 4.52 Å². The molecule has 0 spiro atoms. The number of nitrogens with one attached hydrogen (secondary N) is 1. The van der Waals surface area contributed by atoms with Gasteiger partial charge in [-0.3, -0.25) is 0 Å². The normalized spacial score (nSPS) is 19.2. The van der Waals surface area contributed by atoms with E-state index in [1.54, 1.807) is 0 Å². The standard InChI is InChI=1S/C14H21N5/c1-3-8-18(12-6-7-15-9-12)14-16-13-5-4-11(2)10-19(13)17-14/h4-5,10,12,15H,3,6-9H2,1-2H3. The van der Waals surface area contributed by atoms with Crippen molar-refractivity contribution in [2.75, 3.05) is 24.5 Å². The van der Waals surface area contributed by atoms with Crippen LogP contribution >= 0.6 is 0 Å². The first-order valence-electron chi connectivity index (χ1n) is 7.08. The quantitative estimate of drug-likeness (QED) is 0.906. The SMILES string of the molecule is CCCN(c1nc2ccc(C)cn2n1)C1CCNC1. The summed E-state index contributed by atoms with van der Waals surface area (Å²) in [7, 11) is 0. The van der Waals surface area contributed by atoms with Crippen LogP contribution in [0, 0.1) is 6.92 Å². The molecule has 3 heterocycles. The number of fused-ring (bicyclic) bond motifs is 1. The fourth-order valence-corrected chi connectivity index (χ4v) is 2.69. The lowest BCUT2D eigenvalue weighted by atomic mass is 10.2. The van der Waals surface area contributed by atoms with Crippen LogP contribution in [0.15, 0.2) is 18.3 Å². The molecule has 5 heteroatoms. The van der Waals surface area contributed by atoms with Crippen LogP contribution in [-0.2, 0) is 0 Å². The van der Waals surface area contributed by atoms with Gasteiger partial charge >= 0.3 is 0 Å². The minimum absolute atomic E-state index is 0.526. The summed E-state index contributed by atoms with van der Waals surface area (Å²) in [5.74, 6) is 0.862. The minimum Gasteiger partial charge on any atom is -0.335 e. The maximum Gasteiger partial charge on any atom is 0.245 e.